The van der Waals surface area contributed by atoms with Gasteiger partial charge in [0.15, 0.2) is 0 Å². The minimum Gasteiger partial charge on any atom is -0.436 e. The fourth-order valence-corrected chi connectivity index (χ4v) is 11.0. The third kappa shape index (κ3) is 3.55. The molecule has 0 aromatic heterocycles. The molecule has 5 fully saturated rings. The number of aliphatic hydroxyl groups excluding tert-OH is 2. The summed E-state index contributed by atoms with van der Waals surface area (Å²) in [5.41, 5.74) is 0.773. The Kier molecular flexibility index (Phi) is 5.95. The Morgan fingerprint density at radius 2 is 1.66 bits per heavy atom. The van der Waals surface area contributed by atoms with Crippen LogP contribution in [0.2, 0.25) is 0 Å². The highest BCUT2D eigenvalue weighted by Crippen LogP contribution is 2.73. The van der Waals surface area contributed by atoms with Crippen LogP contribution in [0.25, 0.3) is 0 Å². The van der Waals surface area contributed by atoms with Crippen molar-refractivity contribution in [1.82, 2.24) is 0 Å². The van der Waals surface area contributed by atoms with Gasteiger partial charge in [-0.15, -0.1) is 0 Å². The Bertz CT molecular complexity index is 1030. The van der Waals surface area contributed by atoms with Crippen molar-refractivity contribution >= 4 is 5.97 Å². The Labute approximate surface area is 228 Å². The predicted molar refractivity (Wildman–Crippen MR) is 144 cm³/mol. The Morgan fingerprint density at radius 1 is 0.974 bits per heavy atom. The van der Waals surface area contributed by atoms with E-state index in [1.807, 2.05) is 0 Å². The summed E-state index contributed by atoms with van der Waals surface area (Å²) in [5, 5.41) is 22.9. The van der Waals surface area contributed by atoms with E-state index in [0.717, 1.165) is 44.9 Å². The highest BCUT2D eigenvalue weighted by molar-refractivity contribution is 5.66. The van der Waals surface area contributed by atoms with Crippen molar-refractivity contribution in [2.24, 2.45) is 45.3 Å². The van der Waals surface area contributed by atoms with Crippen LogP contribution in [-0.4, -0.2) is 52.5 Å². The molecule has 0 bridgehead atoms. The third-order valence-electron chi connectivity index (χ3n) is 13.1. The van der Waals surface area contributed by atoms with Gasteiger partial charge in [0, 0.05) is 18.3 Å². The highest BCUT2D eigenvalue weighted by atomic mass is 16.7. The Balaban J connectivity index is 1.31. The van der Waals surface area contributed by atoms with Gasteiger partial charge in [-0.05, 0) is 92.8 Å². The number of epoxide rings is 1. The second kappa shape index (κ2) is 8.30. The van der Waals surface area contributed by atoms with E-state index in [-0.39, 0.29) is 57.5 Å². The van der Waals surface area contributed by atoms with Crippen LogP contribution in [0, 0.1) is 45.3 Å². The number of allylic oxidation sites excluding steroid dienone is 1. The molecule has 0 unspecified atom stereocenters. The molecule has 2 aliphatic heterocycles. The first-order valence-corrected chi connectivity index (χ1v) is 15.1. The summed E-state index contributed by atoms with van der Waals surface area (Å²) in [6, 6.07) is 0. The summed E-state index contributed by atoms with van der Waals surface area (Å²) in [6.45, 7) is 17.3. The van der Waals surface area contributed by atoms with Gasteiger partial charge in [-0.3, -0.25) is 4.79 Å². The van der Waals surface area contributed by atoms with E-state index in [1.165, 1.54) is 12.5 Å². The number of rotatable bonds is 3. The molecule has 0 aromatic rings. The second-order valence-electron chi connectivity index (χ2n) is 15.6. The van der Waals surface area contributed by atoms with Crippen LogP contribution in [0.5, 0.6) is 0 Å². The smallest absolute Gasteiger partial charge is 0.304 e. The molecule has 2 saturated heterocycles. The number of esters is 1. The third-order valence-corrected chi connectivity index (χ3v) is 13.1. The Hall–Kier alpha value is -0.950. The molecule has 6 nitrogen and oxygen atoms in total. The quantitative estimate of drug-likeness (QED) is 0.289. The zero-order valence-corrected chi connectivity index (χ0v) is 24.8. The number of fused-ring (bicyclic) bond motifs is 5. The van der Waals surface area contributed by atoms with E-state index in [2.05, 4.69) is 54.5 Å². The summed E-state index contributed by atoms with van der Waals surface area (Å²) in [5.74, 6) is 0.788. The van der Waals surface area contributed by atoms with Gasteiger partial charge in [0.2, 0.25) is 6.29 Å². The van der Waals surface area contributed by atoms with Gasteiger partial charge in [0.05, 0.1) is 23.9 Å². The van der Waals surface area contributed by atoms with Crippen molar-refractivity contribution in [1.29, 1.82) is 0 Å². The lowest BCUT2D eigenvalue weighted by molar-refractivity contribution is -0.214. The average molecular weight is 531 g/mol. The van der Waals surface area contributed by atoms with Crippen LogP contribution < -0.4 is 0 Å². The maximum atomic E-state index is 12.1. The largest absolute Gasteiger partial charge is 0.436 e. The fourth-order valence-electron chi connectivity index (χ4n) is 11.0. The molecule has 2 heterocycles. The minimum atomic E-state index is -0.545. The molecule has 3 saturated carbocycles. The number of hydrogen-bond donors (Lipinski definition) is 2. The highest BCUT2D eigenvalue weighted by Gasteiger charge is 2.69. The molecular formula is C32H50O6. The maximum Gasteiger partial charge on any atom is 0.304 e. The van der Waals surface area contributed by atoms with E-state index in [9.17, 15) is 15.0 Å². The topological polar surface area (TPSA) is 88.5 Å². The van der Waals surface area contributed by atoms with Crippen molar-refractivity contribution in [2.45, 2.75) is 137 Å². The normalized spacial score (nSPS) is 54.4. The zero-order valence-electron chi connectivity index (χ0n) is 24.8. The molecule has 4 aliphatic carbocycles. The SMILES string of the molecule is CC(=O)O[C@@H]1O[C@@H]([C@@H]2OC2(C)C)C[C@H]1[C@@H]1CC=C2[C@]3(C)[C@H](O)C[C@H]4C(C)(C)[C@@H](O)CC[C@]4(C)[C@H]3CC[C@]21C. The molecule has 2 N–H and O–H groups in total. The summed E-state index contributed by atoms with van der Waals surface area (Å²) < 4.78 is 18.1. The number of carbonyl (C=O) groups excluding carboxylic acids is 1. The van der Waals surface area contributed by atoms with Crippen LogP contribution >= 0.6 is 0 Å². The lowest BCUT2D eigenvalue weighted by atomic mass is 9.37. The van der Waals surface area contributed by atoms with Crippen LogP contribution in [0.3, 0.4) is 0 Å². The first-order chi connectivity index (χ1) is 17.6. The summed E-state index contributed by atoms with van der Waals surface area (Å²) in [7, 11) is 0. The van der Waals surface area contributed by atoms with Gasteiger partial charge in [-0.25, -0.2) is 0 Å². The first-order valence-electron chi connectivity index (χ1n) is 15.1. The van der Waals surface area contributed by atoms with Crippen LogP contribution in [0.15, 0.2) is 11.6 Å². The maximum absolute atomic E-state index is 12.1. The molecule has 0 amide bonds. The number of carbonyl (C=O) groups is 1. The second-order valence-corrected chi connectivity index (χ2v) is 15.6. The van der Waals surface area contributed by atoms with Crippen molar-refractivity contribution in [3.63, 3.8) is 0 Å². The summed E-state index contributed by atoms with van der Waals surface area (Å²) in [6.07, 6.45) is 7.65. The average Bonchev–Trinajstić information content (AvgIpc) is 3.11. The molecule has 214 valence electrons. The molecule has 0 spiro atoms. The van der Waals surface area contributed by atoms with E-state index in [1.54, 1.807) is 0 Å². The summed E-state index contributed by atoms with van der Waals surface area (Å²) in [4.78, 5) is 12.1. The molecular weight excluding hydrogens is 480 g/mol. The molecule has 6 heteroatoms. The van der Waals surface area contributed by atoms with Crippen LogP contribution in [0.1, 0.15) is 100 Å². The van der Waals surface area contributed by atoms with Gasteiger partial charge >= 0.3 is 5.97 Å². The molecule has 0 aromatic carbocycles. The summed E-state index contributed by atoms with van der Waals surface area (Å²) >= 11 is 0. The van der Waals surface area contributed by atoms with Crippen molar-refractivity contribution < 1.29 is 29.2 Å². The lowest BCUT2D eigenvalue weighted by Gasteiger charge is -2.68. The predicted octanol–water partition coefficient (Wildman–Crippen LogP) is 5.40. The van der Waals surface area contributed by atoms with E-state index in [0.29, 0.717) is 17.8 Å². The van der Waals surface area contributed by atoms with Crippen molar-refractivity contribution in [2.75, 3.05) is 0 Å². The number of ether oxygens (including phenoxy) is 3. The van der Waals surface area contributed by atoms with Crippen molar-refractivity contribution in [3.05, 3.63) is 11.6 Å². The van der Waals surface area contributed by atoms with Crippen LogP contribution in [-0.2, 0) is 19.0 Å². The molecule has 6 aliphatic rings. The standard InChI is InChI=1S/C32H50O6/c1-17(33)36-27-18(15-20(37-27)26-29(4,5)38-26)19-9-10-21-30(19,6)13-11-22-31(7)14-12-24(34)28(2,3)23(31)16-25(35)32(21,22)8/h10,18-20,22-27,34-35H,9,11-16H2,1-8H3/t18-,19-,20+,22+,23-,24-,25+,26-,27+,30-,31+,32-/m0/s1. The van der Waals surface area contributed by atoms with E-state index >= 15 is 0 Å². The van der Waals surface area contributed by atoms with Gasteiger partial charge in [-0.1, -0.05) is 46.3 Å². The van der Waals surface area contributed by atoms with Crippen LogP contribution in [0.4, 0.5) is 0 Å². The fraction of sp³-hybridized carbons (Fsp3) is 0.906. The van der Waals surface area contributed by atoms with Gasteiger partial charge in [0.25, 0.3) is 0 Å². The Morgan fingerprint density at radius 3 is 2.29 bits per heavy atom. The van der Waals surface area contributed by atoms with Gasteiger partial charge < -0.3 is 24.4 Å². The molecule has 12 atom stereocenters. The number of hydrogen-bond acceptors (Lipinski definition) is 6. The monoisotopic (exact) mass is 530 g/mol. The van der Waals surface area contributed by atoms with Gasteiger partial charge in [-0.2, -0.15) is 0 Å². The lowest BCUT2D eigenvalue weighted by Crippen LogP contribution is -2.65. The number of aliphatic hydroxyl groups is 2. The zero-order chi connectivity index (χ0) is 27.6. The van der Waals surface area contributed by atoms with E-state index in [4.69, 9.17) is 14.2 Å². The molecule has 0 radical (unpaired) electrons. The minimum absolute atomic E-state index is 0.0440. The molecule has 38 heavy (non-hydrogen) atoms. The molecule has 6 rings (SSSR count). The van der Waals surface area contributed by atoms with E-state index < -0.39 is 12.4 Å². The van der Waals surface area contributed by atoms with Gasteiger partial charge in [0.1, 0.15) is 6.10 Å². The first kappa shape index (κ1) is 27.2. The van der Waals surface area contributed by atoms with Crippen molar-refractivity contribution in [3.8, 4) is 0 Å².